The molecule has 0 fully saturated rings. The molecule has 0 atom stereocenters. The normalized spacial score (nSPS) is 11.1. The van der Waals surface area contributed by atoms with Crippen LogP contribution in [0.1, 0.15) is 27.4 Å². The van der Waals surface area contributed by atoms with Crippen LogP contribution in [0.15, 0.2) is 51.5 Å². The lowest BCUT2D eigenvalue weighted by Gasteiger charge is -1.95. The van der Waals surface area contributed by atoms with Crippen molar-refractivity contribution in [2.24, 2.45) is 0 Å². The number of hydrogen-bond donors (Lipinski definition) is 1. The van der Waals surface area contributed by atoms with Crippen LogP contribution in [0, 0.1) is 6.92 Å². The van der Waals surface area contributed by atoms with E-state index in [-0.39, 0.29) is 5.56 Å². The van der Waals surface area contributed by atoms with Gasteiger partial charge in [0.05, 0.1) is 11.8 Å². The van der Waals surface area contributed by atoms with Gasteiger partial charge in [0.2, 0.25) is 0 Å². The minimum absolute atomic E-state index is 0.259. The van der Waals surface area contributed by atoms with E-state index in [1.807, 2.05) is 19.1 Å². The molecule has 2 heterocycles. The molecule has 0 aliphatic rings. The maximum Gasteiger partial charge on any atom is 0.335 e. The molecule has 0 aliphatic heterocycles. The van der Waals surface area contributed by atoms with Crippen LogP contribution >= 0.6 is 0 Å². The van der Waals surface area contributed by atoms with Crippen molar-refractivity contribution in [3.63, 3.8) is 0 Å². The van der Waals surface area contributed by atoms with Gasteiger partial charge >= 0.3 is 5.97 Å². The number of nitrogens with zero attached hydrogens (tertiary/aromatic N) is 1. The van der Waals surface area contributed by atoms with Crippen LogP contribution in [0.2, 0.25) is 0 Å². The van der Waals surface area contributed by atoms with Crippen LogP contribution in [-0.2, 0) is 0 Å². The molecule has 22 heavy (non-hydrogen) atoms. The minimum Gasteiger partial charge on any atom is -0.478 e. The lowest BCUT2D eigenvalue weighted by atomic mass is 10.1. The van der Waals surface area contributed by atoms with Crippen molar-refractivity contribution < 1.29 is 18.7 Å². The second kappa shape index (κ2) is 5.73. The smallest absolute Gasteiger partial charge is 0.335 e. The Morgan fingerprint density at radius 3 is 2.59 bits per heavy atom. The number of aromatic nitrogens is 1. The predicted molar refractivity (Wildman–Crippen MR) is 81.3 cm³/mol. The maximum absolute atomic E-state index is 10.8. The average Bonchev–Trinajstić information content (AvgIpc) is 3.15. The molecule has 0 unspecified atom stereocenters. The number of benzene rings is 1. The number of carboxylic acids is 1. The Bertz CT molecular complexity index is 811. The Kier molecular flexibility index (Phi) is 3.62. The van der Waals surface area contributed by atoms with E-state index in [1.165, 1.54) is 0 Å². The highest BCUT2D eigenvalue weighted by Gasteiger charge is 2.11. The van der Waals surface area contributed by atoms with Gasteiger partial charge in [-0.05, 0) is 42.8 Å². The molecule has 1 N–H and O–H groups in total. The Hall–Kier alpha value is -3.08. The number of aromatic carboxylic acids is 1. The van der Waals surface area contributed by atoms with Crippen molar-refractivity contribution >= 4 is 18.1 Å². The summed E-state index contributed by atoms with van der Waals surface area (Å²) >= 11 is 0. The van der Waals surface area contributed by atoms with Crippen LogP contribution in [0.3, 0.4) is 0 Å². The van der Waals surface area contributed by atoms with Gasteiger partial charge < -0.3 is 13.9 Å². The molecule has 1 aromatic carbocycles. The van der Waals surface area contributed by atoms with E-state index < -0.39 is 5.97 Å². The third kappa shape index (κ3) is 2.83. The van der Waals surface area contributed by atoms with Gasteiger partial charge in [0.25, 0.3) is 5.89 Å². The number of carbonyl (C=O) groups is 1. The van der Waals surface area contributed by atoms with Crippen molar-refractivity contribution in [1.82, 2.24) is 4.98 Å². The van der Waals surface area contributed by atoms with Crippen LogP contribution in [0.25, 0.3) is 23.8 Å². The first-order chi connectivity index (χ1) is 10.6. The third-order valence-corrected chi connectivity index (χ3v) is 3.16. The molecule has 2 aromatic heterocycles. The molecule has 0 aliphatic carbocycles. The summed E-state index contributed by atoms with van der Waals surface area (Å²) in [5.41, 5.74) is 1.84. The topological polar surface area (TPSA) is 76.5 Å². The van der Waals surface area contributed by atoms with E-state index >= 15 is 0 Å². The van der Waals surface area contributed by atoms with Gasteiger partial charge in [-0.15, -0.1) is 0 Å². The minimum atomic E-state index is -0.939. The zero-order chi connectivity index (χ0) is 15.5. The highest BCUT2D eigenvalue weighted by Crippen LogP contribution is 2.23. The van der Waals surface area contributed by atoms with Gasteiger partial charge in [-0.25, -0.2) is 9.78 Å². The predicted octanol–water partition coefficient (Wildman–Crippen LogP) is 4.11. The monoisotopic (exact) mass is 295 g/mol. The third-order valence-electron chi connectivity index (χ3n) is 3.16. The van der Waals surface area contributed by atoms with Gasteiger partial charge in [0.15, 0.2) is 5.76 Å². The van der Waals surface area contributed by atoms with E-state index in [1.54, 1.807) is 42.7 Å². The average molecular weight is 295 g/mol. The number of aryl methyl sites for hydroxylation is 1. The fourth-order valence-electron chi connectivity index (χ4n) is 1.98. The second-order valence-corrected chi connectivity index (χ2v) is 4.70. The fourth-order valence-corrected chi connectivity index (χ4v) is 1.98. The quantitative estimate of drug-likeness (QED) is 0.783. The highest BCUT2D eigenvalue weighted by molar-refractivity contribution is 5.88. The Morgan fingerprint density at radius 2 is 1.95 bits per heavy atom. The standard InChI is InChI=1S/C17H13NO4/c1-11-14(18-16(22-11)15-3-2-10-21-15)9-6-12-4-7-13(8-5-12)17(19)20/h2-10H,1H3,(H,19,20). The zero-order valence-electron chi connectivity index (χ0n) is 11.8. The summed E-state index contributed by atoms with van der Waals surface area (Å²) in [4.78, 5) is 15.2. The van der Waals surface area contributed by atoms with Crippen molar-refractivity contribution in [1.29, 1.82) is 0 Å². The molecule has 0 saturated carbocycles. The first kappa shape index (κ1) is 13.9. The molecule has 3 rings (SSSR count). The summed E-state index contributed by atoms with van der Waals surface area (Å²) in [6, 6.07) is 10.2. The van der Waals surface area contributed by atoms with Crippen molar-refractivity contribution in [3.8, 4) is 11.7 Å². The lowest BCUT2D eigenvalue weighted by molar-refractivity contribution is 0.0697. The Balaban J connectivity index is 1.82. The molecule has 0 bridgehead atoms. The summed E-state index contributed by atoms with van der Waals surface area (Å²) < 4.78 is 10.8. The SMILES string of the molecule is Cc1oc(-c2ccco2)nc1C=Cc1ccc(C(=O)O)cc1. The van der Waals surface area contributed by atoms with Gasteiger partial charge in [0, 0.05) is 0 Å². The number of furan rings is 1. The molecule has 5 heteroatoms. The summed E-state index contributed by atoms with van der Waals surface area (Å²) in [6.45, 7) is 1.83. The lowest BCUT2D eigenvalue weighted by Crippen LogP contribution is -1.94. The van der Waals surface area contributed by atoms with E-state index in [0.717, 1.165) is 5.56 Å². The van der Waals surface area contributed by atoms with Gasteiger partial charge in [-0.2, -0.15) is 0 Å². The molecule has 3 aromatic rings. The summed E-state index contributed by atoms with van der Waals surface area (Å²) in [5.74, 6) is 0.757. The Morgan fingerprint density at radius 1 is 1.18 bits per heavy atom. The Labute approximate surface area is 126 Å². The van der Waals surface area contributed by atoms with E-state index in [0.29, 0.717) is 23.1 Å². The van der Waals surface area contributed by atoms with Gasteiger partial charge in [-0.1, -0.05) is 18.2 Å². The van der Waals surface area contributed by atoms with Crippen LogP contribution < -0.4 is 0 Å². The maximum atomic E-state index is 10.8. The number of carboxylic acid groups (broad SMARTS) is 1. The molecule has 110 valence electrons. The molecule has 5 nitrogen and oxygen atoms in total. The fraction of sp³-hybridized carbons (Fsp3) is 0.0588. The molecule has 0 radical (unpaired) electrons. The highest BCUT2D eigenvalue weighted by atomic mass is 16.4. The van der Waals surface area contributed by atoms with E-state index in [2.05, 4.69) is 4.98 Å². The van der Waals surface area contributed by atoms with Gasteiger partial charge in [0.1, 0.15) is 11.5 Å². The van der Waals surface area contributed by atoms with Crippen molar-refractivity contribution in [2.75, 3.05) is 0 Å². The first-order valence-electron chi connectivity index (χ1n) is 6.66. The number of rotatable bonds is 4. The molecular weight excluding hydrogens is 282 g/mol. The largest absolute Gasteiger partial charge is 0.478 e. The van der Waals surface area contributed by atoms with Crippen molar-refractivity contribution in [3.05, 3.63) is 65.2 Å². The van der Waals surface area contributed by atoms with E-state index in [9.17, 15) is 4.79 Å². The molecular formula is C17H13NO4. The van der Waals surface area contributed by atoms with Gasteiger partial charge in [-0.3, -0.25) is 0 Å². The summed E-state index contributed by atoms with van der Waals surface area (Å²) in [5, 5.41) is 8.86. The number of hydrogen-bond acceptors (Lipinski definition) is 4. The zero-order valence-corrected chi connectivity index (χ0v) is 11.8. The molecule has 0 amide bonds. The summed E-state index contributed by atoms with van der Waals surface area (Å²) in [7, 11) is 0. The number of oxazole rings is 1. The molecule has 0 spiro atoms. The molecule has 0 saturated heterocycles. The first-order valence-corrected chi connectivity index (χ1v) is 6.66. The van der Waals surface area contributed by atoms with Crippen LogP contribution in [0.5, 0.6) is 0 Å². The summed E-state index contributed by atoms with van der Waals surface area (Å²) in [6.07, 6.45) is 5.23. The van der Waals surface area contributed by atoms with Crippen LogP contribution in [-0.4, -0.2) is 16.1 Å². The van der Waals surface area contributed by atoms with Crippen LogP contribution in [0.4, 0.5) is 0 Å². The van der Waals surface area contributed by atoms with Crippen molar-refractivity contribution in [2.45, 2.75) is 6.92 Å². The second-order valence-electron chi connectivity index (χ2n) is 4.70. The van der Waals surface area contributed by atoms with E-state index in [4.69, 9.17) is 13.9 Å².